The molecule has 15 heavy (non-hydrogen) atoms. The van der Waals surface area contributed by atoms with E-state index in [1.807, 2.05) is 0 Å². The number of rotatable bonds is 2. The standard InChI is InChI=1S/C9H5BrN2O3/c1-5(13)6-2-3-8(10)9(12(14)15)7(6)4-11/h2-3H,1H3. The first-order valence-electron chi connectivity index (χ1n) is 3.87. The van der Waals surface area contributed by atoms with E-state index in [0.717, 1.165) is 0 Å². The SMILES string of the molecule is CC(=O)c1ccc(Br)c([N+](=O)[O-])c1C#N. The average Bonchev–Trinajstić information content (AvgIpc) is 2.15. The van der Waals surface area contributed by atoms with Gasteiger partial charge in [0.05, 0.1) is 9.40 Å². The second-order valence-corrected chi connectivity index (χ2v) is 3.60. The Morgan fingerprint density at radius 1 is 1.60 bits per heavy atom. The molecule has 1 aromatic rings. The molecule has 0 amide bonds. The van der Waals surface area contributed by atoms with Crippen LogP contribution in [0.4, 0.5) is 5.69 Å². The molecule has 6 heteroatoms. The molecule has 0 aliphatic rings. The number of nitrogens with zero attached hydrogens (tertiary/aromatic N) is 2. The maximum Gasteiger partial charge on any atom is 0.301 e. The van der Waals surface area contributed by atoms with Crippen LogP contribution in [-0.2, 0) is 0 Å². The van der Waals surface area contributed by atoms with E-state index >= 15 is 0 Å². The van der Waals surface area contributed by atoms with Gasteiger partial charge in [0.1, 0.15) is 11.6 Å². The molecule has 0 saturated carbocycles. The van der Waals surface area contributed by atoms with Crippen LogP contribution in [0.3, 0.4) is 0 Å². The zero-order chi connectivity index (χ0) is 11.6. The summed E-state index contributed by atoms with van der Waals surface area (Å²) in [4.78, 5) is 21.1. The molecular weight excluding hydrogens is 264 g/mol. The second kappa shape index (κ2) is 4.19. The molecule has 0 saturated heterocycles. The highest BCUT2D eigenvalue weighted by molar-refractivity contribution is 9.10. The first-order chi connectivity index (χ1) is 6.99. The van der Waals surface area contributed by atoms with Gasteiger partial charge >= 0.3 is 5.69 Å². The molecule has 0 atom stereocenters. The topological polar surface area (TPSA) is 84.0 Å². The van der Waals surface area contributed by atoms with Crippen LogP contribution in [0.25, 0.3) is 0 Å². The van der Waals surface area contributed by atoms with Gasteiger partial charge in [0.2, 0.25) is 0 Å². The first-order valence-corrected chi connectivity index (χ1v) is 4.66. The molecule has 5 nitrogen and oxygen atoms in total. The smallest absolute Gasteiger partial charge is 0.294 e. The largest absolute Gasteiger partial charge is 0.301 e. The molecule has 0 bridgehead atoms. The molecule has 0 aromatic heterocycles. The maximum atomic E-state index is 11.1. The highest BCUT2D eigenvalue weighted by atomic mass is 79.9. The number of carbonyl (C=O) groups is 1. The van der Waals surface area contributed by atoms with Gasteiger partial charge in [-0.05, 0) is 35.0 Å². The lowest BCUT2D eigenvalue weighted by Gasteiger charge is -2.01. The van der Waals surface area contributed by atoms with Gasteiger partial charge in [-0.25, -0.2) is 0 Å². The van der Waals surface area contributed by atoms with Gasteiger partial charge in [-0.1, -0.05) is 0 Å². The molecule has 0 spiro atoms. The Balaban J connectivity index is 3.64. The highest BCUT2D eigenvalue weighted by Gasteiger charge is 2.23. The van der Waals surface area contributed by atoms with E-state index in [0.29, 0.717) is 0 Å². The number of nitro groups is 1. The van der Waals surface area contributed by atoms with Gasteiger partial charge in [-0.2, -0.15) is 5.26 Å². The van der Waals surface area contributed by atoms with Crippen LogP contribution in [0.15, 0.2) is 16.6 Å². The van der Waals surface area contributed by atoms with E-state index in [1.165, 1.54) is 19.1 Å². The summed E-state index contributed by atoms with van der Waals surface area (Å²) in [5.41, 5.74) is -0.514. The van der Waals surface area contributed by atoms with E-state index in [9.17, 15) is 14.9 Å². The minimum Gasteiger partial charge on any atom is -0.294 e. The van der Waals surface area contributed by atoms with Crippen molar-refractivity contribution in [2.75, 3.05) is 0 Å². The third-order valence-corrected chi connectivity index (χ3v) is 2.44. The molecule has 1 rings (SSSR count). The summed E-state index contributed by atoms with van der Waals surface area (Å²) < 4.78 is 0.189. The second-order valence-electron chi connectivity index (χ2n) is 2.74. The Kier molecular flexibility index (Phi) is 3.17. The van der Waals surface area contributed by atoms with E-state index < -0.39 is 4.92 Å². The molecule has 0 heterocycles. The fraction of sp³-hybridized carbons (Fsp3) is 0.111. The summed E-state index contributed by atoms with van der Waals surface area (Å²) in [5.74, 6) is -0.373. The van der Waals surface area contributed by atoms with Crippen LogP contribution in [0.5, 0.6) is 0 Å². The van der Waals surface area contributed by atoms with Crippen LogP contribution >= 0.6 is 15.9 Å². The number of Topliss-reactive ketones (excluding diaryl/α,β-unsaturated/α-hetero) is 1. The predicted molar refractivity (Wildman–Crippen MR) is 55.5 cm³/mol. The minimum absolute atomic E-state index is 0.0624. The van der Waals surface area contributed by atoms with Gasteiger partial charge in [-0.15, -0.1) is 0 Å². The average molecular weight is 269 g/mol. The molecule has 0 radical (unpaired) electrons. The van der Waals surface area contributed by atoms with Crippen molar-refractivity contribution in [3.05, 3.63) is 37.8 Å². The molecule has 0 aliphatic heterocycles. The third kappa shape index (κ3) is 2.02. The van der Waals surface area contributed by atoms with E-state index in [2.05, 4.69) is 15.9 Å². The van der Waals surface area contributed by atoms with Gasteiger partial charge in [0.25, 0.3) is 0 Å². The van der Waals surface area contributed by atoms with Crippen molar-refractivity contribution < 1.29 is 9.72 Å². The normalized spacial score (nSPS) is 9.40. The monoisotopic (exact) mass is 268 g/mol. The van der Waals surface area contributed by atoms with E-state index in [4.69, 9.17) is 5.26 Å². The number of halogens is 1. The Morgan fingerprint density at radius 2 is 2.20 bits per heavy atom. The Morgan fingerprint density at radius 3 is 2.60 bits per heavy atom. The number of hydrogen-bond acceptors (Lipinski definition) is 4. The highest BCUT2D eigenvalue weighted by Crippen LogP contribution is 2.30. The molecule has 0 fully saturated rings. The molecular formula is C9H5BrN2O3. The van der Waals surface area contributed by atoms with Crippen molar-refractivity contribution in [1.29, 1.82) is 5.26 Å². The van der Waals surface area contributed by atoms with Crippen molar-refractivity contribution in [3.8, 4) is 6.07 Å². The van der Waals surface area contributed by atoms with Gasteiger partial charge < -0.3 is 0 Å². The minimum atomic E-state index is -0.685. The lowest BCUT2D eigenvalue weighted by Crippen LogP contribution is -2.02. The Bertz CT molecular complexity index is 491. The van der Waals surface area contributed by atoms with Gasteiger partial charge in [0.15, 0.2) is 5.78 Å². The Hall–Kier alpha value is -1.74. The summed E-state index contributed by atoms with van der Waals surface area (Å²) in [5, 5.41) is 19.5. The fourth-order valence-electron chi connectivity index (χ4n) is 1.15. The lowest BCUT2D eigenvalue weighted by atomic mass is 10.0. The van der Waals surface area contributed by atoms with Crippen molar-refractivity contribution >= 4 is 27.4 Å². The number of carbonyl (C=O) groups excluding carboxylic acids is 1. The van der Waals surface area contributed by atoms with Gasteiger partial charge in [0, 0.05) is 5.56 Å². The molecule has 0 N–H and O–H groups in total. The van der Waals surface area contributed by atoms with Crippen LogP contribution in [0, 0.1) is 21.4 Å². The fourth-order valence-corrected chi connectivity index (χ4v) is 1.63. The zero-order valence-corrected chi connectivity index (χ0v) is 9.24. The summed E-state index contributed by atoms with van der Waals surface area (Å²) in [6, 6.07) is 4.45. The zero-order valence-electron chi connectivity index (χ0n) is 7.65. The van der Waals surface area contributed by atoms with Gasteiger partial charge in [-0.3, -0.25) is 14.9 Å². The van der Waals surface area contributed by atoms with E-state index in [1.54, 1.807) is 6.07 Å². The number of nitriles is 1. The summed E-state index contributed by atoms with van der Waals surface area (Å²) in [6.45, 7) is 1.26. The first kappa shape index (κ1) is 11.3. The Labute approximate surface area is 93.6 Å². The quantitative estimate of drug-likeness (QED) is 0.469. The number of ketones is 1. The molecule has 1 aromatic carbocycles. The molecule has 76 valence electrons. The number of hydrogen-bond donors (Lipinski definition) is 0. The summed E-state index contributed by atoms with van der Waals surface area (Å²) >= 11 is 2.97. The van der Waals surface area contributed by atoms with E-state index in [-0.39, 0.29) is 27.1 Å². The number of benzene rings is 1. The van der Waals surface area contributed by atoms with Crippen LogP contribution in [-0.4, -0.2) is 10.7 Å². The third-order valence-electron chi connectivity index (χ3n) is 1.80. The van der Waals surface area contributed by atoms with Crippen LogP contribution < -0.4 is 0 Å². The van der Waals surface area contributed by atoms with Crippen molar-refractivity contribution in [2.24, 2.45) is 0 Å². The summed E-state index contributed by atoms with van der Waals surface area (Å²) in [7, 11) is 0. The molecule has 0 unspecified atom stereocenters. The van der Waals surface area contributed by atoms with Crippen LogP contribution in [0.2, 0.25) is 0 Å². The predicted octanol–water partition coefficient (Wildman–Crippen LogP) is 2.43. The summed E-state index contributed by atoms with van der Waals surface area (Å²) in [6.07, 6.45) is 0. The van der Waals surface area contributed by atoms with Crippen molar-refractivity contribution in [1.82, 2.24) is 0 Å². The maximum absolute atomic E-state index is 11.1. The molecule has 0 aliphatic carbocycles. The van der Waals surface area contributed by atoms with Crippen LogP contribution in [0.1, 0.15) is 22.8 Å². The number of nitro benzene ring substituents is 1. The van der Waals surface area contributed by atoms with Crippen molar-refractivity contribution in [3.63, 3.8) is 0 Å². The lowest BCUT2D eigenvalue weighted by molar-refractivity contribution is -0.386. The van der Waals surface area contributed by atoms with Crippen molar-refractivity contribution in [2.45, 2.75) is 6.92 Å².